The fourth-order valence-electron chi connectivity index (χ4n) is 7.79. The van der Waals surface area contributed by atoms with Crippen LogP contribution in [0.4, 0.5) is 40.3 Å². The Morgan fingerprint density at radius 1 is 1.03 bits per heavy atom. The summed E-state index contributed by atoms with van der Waals surface area (Å²) in [7, 11) is 0. The number of nitrogens with one attached hydrogen (secondary N) is 3. The van der Waals surface area contributed by atoms with Crippen LogP contribution in [-0.4, -0.2) is 95.0 Å². The number of benzene rings is 3. The van der Waals surface area contributed by atoms with Crippen LogP contribution in [0.25, 0.3) is 0 Å². The van der Waals surface area contributed by atoms with Crippen molar-refractivity contribution in [2.75, 3.05) is 59.8 Å². The summed E-state index contributed by atoms with van der Waals surface area (Å²) in [5, 5.41) is 17.2. The third-order valence-electron chi connectivity index (χ3n) is 11.0. The minimum absolute atomic E-state index is 0. The van der Waals surface area contributed by atoms with Crippen LogP contribution in [0.5, 0.6) is 5.75 Å². The molecule has 3 aliphatic rings. The number of hydrogen-bond donors (Lipinski definition) is 3. The van der Waals surface area contributed by atoms with Crippen LogP contribution in [-0.2, 0) is 31.8 Å². The zero-order valence-corrected chi connectivity index (χ0v) is 34.7. The summed E-state index contributed by atoms with van der Waals surface area (Å²) in [5.74, 6) is -1.66. The standard InChI is InChI=1S/C42H46F4N8O5S.3H2/c1-6-25-17-31(54-39(60)53(38(58)41(54,4)5)30-8-7-26(22-47)32(21-30)42(44,45)46)9-11-34(25)59-16-15-51-13-14-52(40(2,3)24-51)23-36(56)49-29-19-27(43)18-28(20-29)48-33-10-12-35(55)50-37(33)57;;;/h7-9,11,17-21,33,48H,6,10,12-16,23-24H2,1-5H3,(H,49,56)(H,50,55,57);3*1H. The van der Waals surface area contributed by atoms with Gasteiger partial charge in [0.1, 0.15) is 29.8 Å². The molecule has 13 nitrogen and oxygen atoms in total. The third-order valence-corrected chi connectivity index (χ3v) is 11.3. The summed E-state index contributed by atoms with van der Waals surface area (Å²) in [6.45, 7) is 12.2. The molecule has 1 atom stereocenters. The molecule has 0 bridgehead atoms. The van der Waals surface area contributed by atoms with Crippen molar-refractivity contribution in [2.45, 2.75) is 77.2 Å². The number of rotatable bonds is 12. The summed E-state index contributed by atoms with van der Waals surface area (Å²) in [4.78, 5) is 57.5. The fraction of sp³-hybridized carbons (Fsp3) is 0.429. The minimum Gasteiger partial charge on any atom is -0.492 e. The van der Waals surface area contributed by atoms with Gasteiger partial charge in [-0.2, -0.15) is 18.4 Å². The van der Waals surface area contributed by atoms with Crippen molar-refractivity contribution < 1.29 is 45.8 Å². The van der Waals surface area contributed by atoms with Gasteiger partial charge in [-0.1, -0.05) is 6.92 Å². The molecule has 3 saturated heterocycles. The van der Waals surface area contributed by atoms with Crippen LogP contribution in [0.2, 0.25) is 0 Å². The van der Waals surface area contributed by atoms with E-state index in [4.69, 9.17) is 17.0 Å². The SMILES string of the molecule is CCc1cc(N2C(=S)N(c3ccc(C#N)c(C(F)(F)F)c3)C(=O)C2(C)C)ccc1OCCN1CCN(CC(=O)Nc2cc(F)cc(NC3CCC(=O)NC3=O)c2)C(C)(C)C1.[HH].[HH].[HH]. The Labute approximate surface area is 355 Å². The van der Waals surface area contributed by atoms with E-state index in [1.807, 2.05) is 26.8 Å². The molecule has 324 valence electrons. The first-order valence-electron chi connectivity index (χ1n) is 19.5. The molecule has 0 saturated carbocycles. The first kappa shape index (κ1) is 43.9. The second-order valence-electron chi connectivity index (χ2n) is 16.1. The molecule has 3 N–H and O–H groups in total. The number of hydrogen-bond acceptors (Lipinski definition) is 10. The molecular formula is C42H52F4N8O5S. The lowest BCUT2D eigenvalue weighted by Crippen LogP contribution is -2.61. The number of amides is 4. The minimum atomic E-state index is -4.81. The molecule has 0 spiro atoms. The second kappa shape index (κ2) is 17.1. The lowest BCUT2D eigenvalue weighted by atomic mass is 9.98. The van der Waals surface area contributed by atoms with Gasteiger partial charge in [0.15, 0.2) is 5.11 Å². The van der Waals surface area contributed by atoms with Gasteiger partial charge in [0.25, 0.3) is 5.91 Å². The normalized spacial score (nSPS) is 19.6. The molecule has 1 unspecified atom stereocenters. The Morgan fingerprint density at radius 3 is 2.42 bits per heavy atom. The van der Waals surface area contributed by atoms with Gasteiger partial charge in [0.05, 0.1) is 29.4 Å². The average molecular weight is 857 g/mol. The molecule has 60 heavy (non-hydrogen) atoms. The van der Waals surface area contributed by atoms with E-state index in [9.17, 15) is 42.0 Å². The number of thiocarbonyl (C=S) groups is 1. The molecule has 3 aromatic carbocycles. The van der Waals surface area contributed by atoms with E-state index in [1.165, 1.54) is 18.2 Å². The Kier molecular flexibility index (Phi) is 12.6. The molecule has 3 fully saturated rings. The maximum atomic E-state index is 14.5. The largest absolute Gasteiger partial charge is 0.492 e. The highest BCUT2D eigenvalue weighted by molar-refractivity contribution is 7.81. The predicted octanol–water partition coefficient (Wildman–Crippen LogP) is 6.56. The van der Waals surface area contributed by atoms with Crippen LogP contribution in [0.15, 0.2) is 54.6 Å². The second-order valence-corrected chi connectivity index (χ2v) is 16.5. The third kappa shape index (κ3) is 9.38. The maximum absolute atomic E-state index is 14.5. The Hall–Kier alpha value is -5.64. The van der Waals surface area contributed by atoms with Gasteiger partial charge in [-0.25, -0.2) is 4.39 Å². The van der Waals surface area contributed by atoms with Crippen molar-refractivity contribution in [1.29, 1.82) is 5.26 Å². The van der Waals surface area contributed by atoms with Crippen molar-refractivity contribution in [1.82, 2.24) is 15.1 Å². The van der Waals surface area contributed by atoms with Gasteiger partial charge in [-0.15, -0.1) is 0 Å². The molecule has 0 radical (unpaired) electrons. The topological polar surface area (TPSA) is 150 Å². The number of alkyl halides is 3. The predicted molar refractivity (Wildman–Crippen MR) is 227 cm³/mol. The fourth-order valence-corrected chi connectivity index (χ4v) is 8.31. The summed E-state index contributed by atoms with van der Waals surface area (Å²) in [6, 6.07) is 13.3. The van der Waals surface area contributed by atoms with Crippen LogP contribution in [0, 0.1) is 17.1 Å². The lowest BCUT2D eigenvalue weighted by molar-refractivity contribution is -0.138. The molecule has 4 amide bonds. The van der Waals surface area contributed by atoms with Gasteiger partial charge in [-0.3, -0.25) is 39.2 Å². The number of piperazine rings is 1. The summed E-state index contributed by atoms with van der Waals surface area (Å²) < 4.78 is 62.1. The van der Waals surface area contributed by atoms with E-state index in [2.05, 4.69) is 25.8 Å². The number of piperidine rings is 1. The molecular weight excluding hydrogens is 805 g/mol. The number of aryl methyl sites for hydroxylation is 1. The maximum Gasteiger partial charge on any atom is 0.417 e. The van der Waals surface area contributed by atoms with Crippen molar-refractivity contribution in [3.05, 3.63) is 77.1 Å². The van der Waals surface area contributed by atoms with Crippen LogP contribution < -0.4 is 30.5 Å². The zero-order chi connectivity index (χ0) is 43.7. The lowest BCUT2D eigenvalue weighted by Gasteiger charge is -2.46. The van der Waals surface area contributed by atoms with Gasteiger partial charge in [-0.05, 0) is 113 Å². The first-order chi connectivity index (χ1) is 28.2. The van der Waals surface area contributed by atoms with Crippen molar-refractivity contribution in [3.63, 3.8) is 0 Å². The number of carbonyl (C=O) groups is 4. The van der Waals surface area contributed by atoms with Crippen LogP contribution in [0.1, 0.15) is 68.4 Å². The van der Waals surface area contributed by atoms with E-state index >= 15 is 0 Å². The van der Waals surface area contributed by atoms with Crippen molar-refractivity contribution >= 4 is 63.7 Å². The molecule has 6 rings (SSSR count). The summed E-state index contributed by atoms with van der Waals surface area (Å²) in [6.07, 6.45) is -3.80. The quantitative estimate of drug-likeness (QED) is 0.103. The van der Waals surface area contributed by atoms with Crippen LogP contribution in [0.3, 0.4) is 0 Å². The van der Waals surface area contributed by atoms with Crippen molar-refractivity contribution in [3.8, 4) is 11.8 Å². The zero-order valence-electron chi connectivity index (χ0n) is 33.8. The number of halogens is 4. The highest BCUT2D eigenvalue weighted by Crippen LogP contribution is 2.40. The Morgan fingerprint density at radius 2 is 1.75 bits per heavy atom. The van der Waals surface area contributed by atoms with Crippen molar-refractivity contribution in [2.24, 2.45) is 0 Å². The molecule has 0 aliphatic carbocycles. The number of imide groups is 1. The van der Waals surface area contributed by atoms with Gasteiger partial charge < -0.3 is 20.3 Å². The highest BCUT2D eigenvalue weighted by Gasteiger charge is 2.51. The summed E-state index contributed by atoms with van der Waals surface area (Å²) in [5.41, 5.74) is -1.50. The summed E-state index contributed by atoms with van der Waals surface area (Å²) >= 11 is 5.71. The number of carbonyl (C=O) groups excluding carboxylic acids is 4. The number of nitriles is 1. The molecule has 3 heterocycles. The van der Waals surface area contributed by atoms with E-state index in [-0.39, 0.29) is 52.0 Å². The number of nitrogens with zero attached hydrogens (tertiary/aromatic N) is 5. The van der Waals surface area contributed by atoms with Gasteiger partial charge in [0, 0.05) is 59.5 Å². The Bertz CT molecular complexity index is 2280. The van der Waals surface area contributed by atoms with Crippen LogP contribution >= 0.6 is 12.2 Å². The highest BCUT2D eigenvalue weighted by atomic mass is 32.1. The van der Waals surface area contributed by atoms with E-state index < -0.39 is 52.1 Å². The van der Waals surface area contributed by atoms with Gasteiger partial charge >= 0.3 is 6.18 Å². The molecule has 0 aromatic heterocycles. The number of ether oxygens (including phenoxy) is 1. The monoisotopic (exact) mass is 856 g/mol. The first-order valence-corrected chi connectivity index (χ1v) is 19.9. The Balaban J connectivity index is 0.00000352. The van der Waals surface area contributed by atoms with Gasteiger partial charge in [0.2, 0.25) is 17.7 Å². The van der Waals surface area contributed by atoms with E-state index in [0.717, 1.165) is 22.6 Å². The van der Waals surface area contributed by atoms with E-state index in [0.29, 0.717) is 56.3 Å². The average Bonchev–Trinajstić information content (AvgIpc) is 3.34. The molecule has 3 aliphatic heterocycles. The van der Waals surface area contributed by atoms with E-state index in [1.54, 1.807) is 43.0 Å². The molecule has 18 heteroatoms. The number of anilines is 4. The smallest absolute Gasteiger partial charge is 0.417 e. The molecule has 3 aromatic rings.